The second kappa shape index (κ2) is 6.41. The molecule has 2 heterocycles. The van der Waals surface area contributed by atoms with Crippen molar-refractivity contribution < 1.29 is 0 Å². The molecule has 0 bridgehead atoms. The van der Waals surface area contributed by atoms with Crippen molar-refractivity contribution in [1.29, 1.82) is 0 Å². The van der Waals surface area contributed by atoms with E-state index in [1.54, 1.807) is 23.2 Å². The third-order valence-electron chi connectivity index (χ3n) is 2.85. The van der Waals surface area contributed by atoms with Gasteiger partial charge < -0.3 is 5.32 Å². The van der Waals surface area contributed by atoms with E-state index in [2.05, 4.69) is 42.9 Å². The number of aromatic nitrogens is 4. The molecule has 21 heavy (non-hydrogen) atoms. The lowest BCUT2D eigenvalue weighted by molar-refractivity contribution is 0.740. The van der Waals surface area contributed by atoms with Gasteiger partial charge in [-0.3, -0.25) is 4.68 Å². The van der Waals surface area contributed by atoms with Gasteiger partial charge in [-0.1, -0.05) is 24.3 Å². The van der Waals surface area contributed by atoms with Gasteiger partial charge >= 0.3 is 0 Å². The van der Waals surface area contributed by atoms with Gasteiger partial charge in [-0.15, -0.1) is 0 Å². The molecule has 5 nitrogen and oxygen atoms in total. The van der Waals surface area contributed by atoms with Crippen LogP contribution in [0.25, 0.3) is 12.3 Å². The molecule has 0 aromatic carbocycles. The van der Waals surface area contributed by atoms with Crippen LogP contribution in [-0.2, 0) is 7.05 Å². The predicted molar refractivity (Wildman–Crippen MR) is 89.1 cm³/mol. The number of anilines is 1. The summed E-state index contributed by atoms with van der Waals surface area (Å²) in [4.78, 5) is 8.50. The van der Waals surface area contributed by atoms with Crippen LogP contribution in [0.15, 0.2) is 28.0 Å². The van der Waals surface area contributed by atoms with Crippen molar-refractivity contribution in [1.82, 2.24) is 19.7 Å². The van der Waals surface area contributed by atoms with Crippen LogP contribution < -0.4 is 15.9 Å². The summed E-state index contributed by atoms with van der Waals surface area (Å²) in [5, 5.41) is 9.59. The fourth-order valence-corrected chi connectivity index (χ4v) is 2.27. The number of allylic oxidation sites excluding steroid dienone is 1. The van der Waals surface area contributed by atoms with Crippen LogP contribution in [0.3, 0.4) is 0 Å². The lowest BCUT2D eigenvalue weighted by Gasteiger charge is -2.11. The maximum Gasteiger partial charge on any atom is 0.148 e. The van der Waals surface area contributed by atoms with Crippen molar-refractivity contribution >= 4 is 45.6 Å². The molecular formula is C14H15BrClN5. The predicted octanol–water partition coefficient (Wildman–Crippen LogP) is 2.05. The number of hydrogen-bond acceptors (Lipinski definition) is 4. The minimum Gasteiger partial charge on any atom is -0.336 e. The van der Waals surface area contributed by atoms with Crippen molar-refractivity contribution in [2.75, 3.05) is 5.32 Å². The third-order valence-corrected chi connectivity index (χ3v) is 3.84. The van der Waals surface area contributed by atoms with Gasteiger partial charge in [0.15, 0.2) is 0 Å². The smallest absolute Gasteiger partial charge is 0.148 e. The van der Waals surface area contributed by atoms with E-state index in [1.165, 1.54) is 0 Å². The van der Waals surface area contributed by atoms with Gasteiger partial charge in [-0.05, 0) is 29.8 Å². The quantitative estimate of drug-likeness (QED) is 0.901. The number of halogens is 2. The maximum atomic E-state index is 6.34. The third kappa shape index (κ3) is 3.33. The molecule has 0 atom stereocenters. The molecule has 0 aliphatic heterocycles. The van der Waals surface area contributed by atoms with Crippen molar-refractivity contribution in [2.45, 2.75) is 13.8 Å². The Hall–Kier alpha value is -1.66. The summed E-state index contributed by atoms with van der Waals surface area (Å²) in [7, 11) is 1.84. The molecular weight excluding hydrogens is 354 g/mol. The average Bonchev–Trinajstić information content (AvgIpc) is 2.78. The highest BCUT2D eigenvalue weighted by atomic mass is 79.9. The van der Waals surface area contributed by atoms with Gasteiger partial charge in [0.05, 0.1) is 26.7 Å². The van der Waals surface area contributed by atoms with E-state index in [0.717, 1.165) is 15.0 Å². The van der Waals surface area contributed by atoms with E-state index < -0.39 is 0 Å². The van der Waals surface area contributed by atoms with Crippen molar-refractivity contribution in [3.63, 3.8) is 0 Å². The normalized spacial score (nSPS) is 13.3. The van der Waals surface area contributed by atoms with E-state index in [9.17, 15) is 0 Å². The van der Waals surface area contributed by atoms with Crippen LogP contribution in [0.1, 0.15) is 12.7 Å². The minimum atomic E-state index is 0.562. The number of rotatable bonds is 3. The summed E-state index contributed by atoms with van der Waals surface area (Å²) in [6, 6.07) is 0. The van der Waals surface area contributed by atoms with Crippen LogP contribution in [0.4, 0.5) is 5.82 Å². The fraction of sp³-hybridized carbons (Fsp3) is 0.214. The Labute approximate surface area is 136 Å². The summed E-state index contributed by atoms with van der Waals surface area (Å²) in [6.07, 6.45) is 5.19. The molecule has 2 rings (SSSR count). The molecule has 2 aromatic heterocycles. The summed E-state index contributed by atoms with van der Waals surface area (Å²) < 4.78 is 2.47. The molecule has 0 saturated heterocycles. The van der Waals surface area contributed by atoms with E-state index >= 15 is 0 Å². The Bertz CT molecular complexity index is 809. The first-order valence-corrected chi connectivity index (χ1v) is 7.40. The van der Waals surface area contributed by atoms with Gasteiger partial charge in [0.25, 0.3) is 0 Å². The van der Waals surface area contributed by atoms with Crippen molar-refractivity contribution in [3.05, 3.63) is 44.4 Å². The molecule has 0 aliphatic rings. The SMILES string of the molecule is C=c1cnn(C)/c1=C(Nc1nc(C)ncc1Br)/C(Cl)=C\C. The molecule has 0 fully saturated rings. The molecule has 110 valence electrons. The monoisotopic (exact) mass is 367 g/mol. The highest BCUT2D eigenvalue weighted by Crippen LogP contribution is 2.23. The first-order chi connectivity index (χ1) is 9.93. The van der Waals surface area contributed by atoms with Crippen molar-refractivity contribution in [2.24, 2.45) is 7.05 Å². The summed E-state index contributed by atoms with van der Waals surface area (Å²) >= 11 is 9.77. The lowest BCUT2D eigenvalue weighted by atomic mass is 10.3. The minimum absolute atomic E-state index is 0.562. The fourth-order valence-electron chi connectivity index (χ4n) is 1.84. The van der Waals surface area contributed by atoms with Gasteiger partial charge in [0.2, 0.25) is 0 Å². The molecule has 0 spiro atoms. The van der Waals surface area contributed by atoms with Gasteiger partial charge in [-0.2, -0.15) is 5.10 Å². The molecule has 2 aromatic rings. The van der Waals surface area contributed by atoms with Crippen LogP contribution in [0, 0.1) is 6.92 Å². The van der Waals surface area contributed by atoms with Gasteiger partial charge in [-0.25, -0.2) is 9.97 Å². The summed E-state index contributed by atoms with van der Waals surface area (Å²) in [6.45, 7) is 7.68. The van der Waals surface area contributed by atoms with Crippen molar-refractivity contribution in [3.8, 4) is 0 Å². The van der Waals surface area contributed by atoms with Crippen LogP contribution in [-0.4, -0.2) is 19.7 Å². The summed E-state index contributed by atoms with van der Waals surface area (Å²) in [5.41, 5.74) is 0.697. The molecule has 0 aliphatic carbocycles. The Morgan fingerprint density at radius 1 is 1.48 bits per heavy atom. The molecule has 7 heteroatoms. The van der Waals surface area contributed by atoms with Crippen LogP contribution in [0.2, 0.25) is 0 Å². The Morgan fingerprint density at radius 2 is 2.19 bits per heavy atom. The Kier molecular flexibility index (Phi) is 4.80. The van der Waals surface area contributed by atoms with E-state index in [1.807, 2.05) is 20.9 Å². The zero-order chi connectivity index (χ0) is 15.6. The Morgan fingerprint density at radius 3 is 2.76 bits per heavy atom. The number of aryl methyl sites for hydroxylation is 2. The topological polar surface area (TPSA) is 55.6 Å². The van der Waals surface area contributed by atoms with Crippen LogP contribution >= 0.6 is 27.5 Å². The zero-order valence-corrected chi connectivity index (χ0v) is 14.3. The summed E-state index contributed by atoms with van der Waals surface area (Å²) in [5.74, 6) is 1.30. The highest BCUT2D eigenvalue weighted by molar-refractivity contribution is 9.10. The van der Waals surface area contributed by atoms with E-state index in [-0.39, 0.29) is 0 Å². The number of nitrogens with one attached hydrogen (secondary N) is 1. The Balaban J connectivity index is 2.68. The average molecular weight is 369 g/mol. The largest absolute Gasteiger partial charge is 0.336 e. The molecule has 1 N–H and O–H groups in total. The molecule has 0 unspecified atom stereocenters. The second-order valence-electron chi connectivity index (χ2n) is 4.39. The van der Waals surface area contributed by atoms with E-state index in [0.29, 0.717) is 22.4 Å². The van der Waals surface area contributed by atoms with Gasteiger partial charge in [0, 0.05) is 18.5 Å². The van der Waals surface area contributed by atoms with Crippen LogP contribution in [0.5, 0.6) is 0 Å². The molecule has 0 radical (unpaired) electrons. The number of hydrogen-bond donors (Lipinski definition) is 1. The highest BCUT2D eigenvalue weighted by Gasteiger charge is 2.11. The first-order valence-electron chi connectivity index (χ1n) is 6.23. The van der Waals surface area contributed by atoms with E-state index in [4.69, 9.17) is 11.6 Å². The zero-order valence-electron chi connectivity index (χ0n) is 12.0. The standard InChI is InChI=1S/C14H15BrClN5/c1-5-11(16)12(13-8(2)6-18-21(13)4)20-14-10(15)7-17-9(3)19-14/h5-7H,2H2,1,3-4H3,(H,17,19,20)/b11-5+,13-12-. The first kappa shape index (κ1) is 15.7. The number of nitrogens with zero attached hydrogens (tertiary/aromatic N) is 4. The molecule has 0 saturated carbocycles. The lowest BCUT2D eigenvalue weighted by Crippen LogP contribution is -2.32. The second-order valence-corrected chi connectivity index (χ2v) is 5.65. The molecule has 0 amide bonds. The van der Waals surface area contributed by atoms with Gasteiger partial charge in [0.1, 0.15) is 11.6 Å². The maximum absolute atomic E-state index is 6.34.